The Kier molecular flexibility index (Phi) is 6.74. The first kappa shape index (κ1) is 17.6. The third kappa shape index (κ3) is 5.44. The van der Waals surface area contributed by atoms with Gasteiger partial charge in [-0.25, -0.2) is 0 Å². The zero-order valence-electron chi connectivity index (χ0n) is 13.3. The monoisotopic (exact) mass is 353 g/mol. The molecule has 0 spiro atoms. The molecule has 2 rings (SSSR count). The van der Waals surface area contributed by atoms with E-state index in [0.29, 0.717) is 16.6 Å². The van der Waals surface area contributed by atoms with Gasteiger partial charge in [-0.1, -0.05) is 29.3 Å². The molecule has 0 saturated heterocycles. The Morgan fingerprint density at radius 1 is 1.35 bits per heavy atom. The van der Waals surface area contributed by atoms with Gasteiger partial charge in [0, 0.05) is 46.1 Å². The lowest BCUT2D eigenvalue weighted by Crippen LogP contribution is -2.39. The van der Waals surface area contributed by atoms with E-state index in [9.17, 15) is 0 Å². The van der Waals surface area contributed by atoms with Gasteiger partial charge in [0.2, 0.25) is 0 Å². The largest absolute Gasteiger partial charge is 0.356 e. The summed E-state index contributed by atoms with van der Waals surface area (Å²) in [6.07, 6.45) is 4.73. The van der Waals surface area contributed by atoms with Gasteiger partial charge >= 0.3 is 0 Å². The van der Waals surface area contributed by atoms with E-state index in [2.05, 4.69) is 15.4 Å². The minimum Gasteiger partial charge on any atom is -0.356 e. The van der Waals surface area contributed by atoms with Gasteiger partial charge in [-0.15, -0.1) is 0 Å². The normalized spacial score (nSPS) is 11.6. The predicted octanol–water partition coefficient (Wildman–Crippen LogP) is 3.29. The standard InChI is InChI=1S/C16H21Cl2N5/c1-19-16(20-7-3-9-23-10-4-8-21-23)22(2)12-13-5-6-14(17)15(18)11-13/h4-6,8,10-11H,3,7,9,12H2,1-2H3,(H,19,20). The van der Waals surface area contributed by atoms with Crippen molar-refractivity contribution in [2.24, 2.45) is 4.99 Å². The van der Waals surface area contributed by atoms with E-state index in [1.807, 2.05) is 47.1 Å². The van der Waals surface area contributed by atoms with Crippen LogP contribution in [0.25, 0.3) is 0 Å². The third-order valence-electron chi connectivity index (χ3n) is 3.38. The quantitative estimate of drug-likeness (QED) is 0.492. The minimum absolute atomic E-state index is 0.569. The van der Waals surface area contributed by atoms with Crippen LogP contribution in [-0.2, 0) is 13.1 Å². The lowest BCUT2D eigenvalue weighted by atomic mass is 10.2. The van der Waals surface area contributed by atoms with Gasteiger partial charge in [0.1, 0.15) is 0 Å². The second kappa shape index (κ2) is 8.79. The average Bonchev–Trinajstić information content (AvgIpc) is 3.04. The molecule has 1 aromatic heterocycles. The van der Waals surface area contributed by atoms with Gasteiger partial charge in [-0.3, -0.25) is 9.67 Å². The molecule has 124 valence electrons. The van der Waals surface area contributed by atoms with Gasteiger partial charge in [-0.2, -0.15) is 5.10 Å². The number of hydrogen-bond donors (Lipinski definition) is 1. The number of aromatic nitrogens is 2. The fraction of sp³-hybridized carbons (Fsp3) is 0.375. The molecular formula is C16H21Cl2N5. The Bertz CT molecular complexity index is 640. The van der Waals surface area contributed by atoms with Crippen LogP contribution in [0.1, 0.15) is 12.0 Å². The lowest BCUT2D eigenvalue weighted by Gasteiger charge is -2.22. The van der Waals surface area contributed by atoms with Crippen LogP contribution in [0.3, 0.4) is 0 Å². The number of nitrogens with one attached hydrogen (secondary N) is 1. The Balaban J connectivity index is 1.81. The topological polar surface area (TPSA) is 45.5 Å². The highest BCUT2D eigenvalue weighted by Crippen LogP contribution is 2.23. The molecule has 0 atom stereocenters. The molecule has 0 aliphatic rings. The van der Waals surface area contributed by atoms with Gasteiger partial charge in [0.25, 0.3) is 0 Å². The van der Waals surface area contributed by atoms with Crippen molar-refractivity contribution in [1.29, 1.82) is 0 Å². The number of guanidine groups is 1. The summed E-state index contributed by atoms with van der Waals surface area (Å²) in [5.74, 6) is 0.844. The Labute approximate surface area is 146 Å². The molecule has 1 N–H and O–H groups in total. The van der Waals surface area contributed by atoms with Crippen LogP contribution >= 0.6 is 23.2 Å². The molecule has 0 amide bonds. The number of hydrogen-bond acceptors (Lipinski definition) is 2. The number of halogens is 2. The molecule has 0 aliphatic carbocycles. The van der Waals surface area contributed by atoms with Gasteiger partial charge in [0.15, 0.2) is 5.96 Å². The van der Waals surface area contributed by atoms with Crippen LogP contribution in [0.15, 0.2) is 41.7 Å². The third-order valence-corrected chi connectivity index (χ3v) is 4.12. The summed E-state index contributed by atoms with van der Waals surface area (Å²) < 4.78 is 1.92. The first-order chi connectivity index (χ1) is 11.1. The van der Waals surface area contributed by atoms with Crippen molar-refractivity contribution >= 4 is 29.2 Å². The first-order valence-corrected chi connectivity index (χ1v) is 8.19. The summed E-state index contributed by atoms with van der Waals surface area (Å²) >= 11 is 12.0. The number of benzene rings is 1. The zero-order chi connectivity index (χ0) is 16.7. The molecule has 0 fully saturated rings. The first-order valence-electron chi connectivity index (χ1n) is 7.43. The highest BCUT2D eigenvalue weighted by molar-refractivity contribution is 6.42. The number of rotatable bonds is 6. The van der Waals surface area contributed by atoms with Crippen LogP contribution in [0.5, 0.6) is 0 Å². The van der Waals surface area contributed by atoms with Crippen LogP contribution in [0.4, 0.5) is 0 Å². The maximum Gasteiger partial charge on any atom is 0.193 e. The smallest absolute Gasteiger partial charge is 0.193 e. The maximum absolute atomic E-state index is 6.06. The molecular weight excluding hydrogens is 333 g/mol. The van der Waals surface area contributed by atoms with E-state index < -0.39 is 0 Å². The van der Waals surface area contributed by atoms with Crippen molar-refractivity contribution in [3.05, 3.63) is 52.3 Å². The second-order valence-electron chi connectivity index (χ2n) is 5.20. The molecule has 0 radical (unpaired) electrons. The van der Waals surface area contributed by atoms with Gasteiger partial charge < -0.3 is 10.2 Å². The summed E-state index contributed by atoms with van der Waals surface area (Å²) in [7, 11) is 3.77. The molecule has 2 aromatic rings. The molecule has 5 nitrogen and oxygen atoms in total. The number of nitrogens with zero attached hydrogens (tertiary/aromatic N) is 4. The van der Waals surface area contributed by atoms with Crippen molar-refractivity contribution < 1.29 is 0 Å². The molecule has 0 saturated carbocycles. The second-order valence-corrected chi connectivity index (χ2v) is 6.02. The van der Waals surface area contributed by atoms with E-state index >= 15 is 0 Å². The number of aliphatic imine (C=N–C) groups is 1. The van der Waals surface area contributed by atoms with Crippen molar-refractivity contribution in [3.63, 3.8) is 0 Å². The summed E-state index contributed by atoms with van der Waals surface area (Å²) in [6.45, 7) is 2.42. The van der Waals surface area contributed by atoms with E-state index in [1.165, 1.54) is 0 Å². The van der Waals surface area contributed by atoms with E-state index in [-0.39, 0.29) is 0 Å². The lowest BCUT2D eigenvalue weighted by molar-refractivity contribution is 0.471. The number of aryl methyl sites for hydroxylation is 1. The molecule has 0 unspecified atom stereocenters. The Hall–Kier alpha value is -1.72. The molecule has 0 bridgehead atoms. The van der Waals surface area contributed by atoms with E-state index in [0.717, 1.165) is 31.0 Å². The summed E-state index contributed by atoms with van der Waals surface area (Å²) in [5.41, 5.74) is 1.08. The van der Waals surface area contributed by atoms with Crippen LogP contribution in [0.2, 0.25) is 10.0 Å². The SMILES string of the molecule is CN=C(NCCCn1cccn1)N(C)Cc1ccc(Cl)c(Cl)c1. The van der Waals surface area contributed by atoms with Gasteiger partial charge in [0.05, 0.1) is 10.0 Å². The Morgan fingerprint density at radius 3 is 2.83 bits per heavy atom. The van der Waals surface area contributed by atoms with Crippen LogP contribution in [0, 0.1) is 0 Å². The Morgan fingerprint density at radius 2 is 2.17 bits per heavy atom. The summed E-state index contributed by atoms with van der Waals surface area (Å²) in [5, 5.41) is 8.68. The minimum atomic E-state index is 0.569. The average molecular weight is 354 g/mol. The van der Waals surface area contributed by atoms with Crippen molar-refractivity contribution in [2.45, 2.75) is 19.5 Å². The van der Waals surface area contributed by atoms with Crippen LogP contribution < -0.4 is 5.32 Å². The summed E-state index contributed by atoms with van der Waals surface area (Å²) in [4.78, 5) is 6.36. The van der Waals surface area contributed by atoms with Crippen molar-refractivity contribution in [1.82, 2.24) is 20.0 Å². The predicted molar refractivity (Wildman–Crippen MR) is 96.1 cm³/mol. The molecule has 0 aliphatic heterocycles. The molecule has 23 heavy (non-hydrogen) atoms. The summed E-state index contributed by atoms with van der Waals surface area (Å²) in [6, 6.07) is 7.59. The maximum atomic E-state index is 6.06. The highest BCUT2D eigenvalue weighted by Gasteiger charge is 2.07. The fourth-order valence-corrected chi connectivity index (χ4v) is 2.57. The molecule has 7 heteroatoms. The fourth-order valence-electron chi connectivity index (χ4n) is 2.25. The van der Waals surface area contributed by atoms with Crippen molar-refractivity contribution in [2.75, 3.05) is 20.6 Å². The zero-order valence-corrected chi connectivity index (χ0v) is 14.8. The molecule has 1 aromatic carbocycles. The molecule has 1 heterocycles. The van der Waals surface area contributed by atoms with Crippen molar-refractivity contribution in [3.8, 4) is 0 Å². The van der Waals surface area contributed by atoms with E-state index in [4.69, 9.17) is 23.2 Å². The van der Waals surface area contributed by atoms with E-state index in [1.54, 1.807) is 13.2 Å². The van der Waals surface area contributed by atoms with Crippen LogP contribution in [-0.4, -0.2) is 41.3 Å². The highest BCUT2D eigenvalue weighted by atomic mass is 35.5. The van der Waals surface area contributed by atoms with Gasteiger partial charge in [-0.05, 0) is 30.2 Å².